The first-order valence-corrected chi connectivity index (χ1v) is 5.07. The molecule has 1 rings (SSSR count). The molecule has 0 saturated heterocycles. The fraction of sp³-hybridized carbons (Fsp3) is 0.143. The highest BCUT2D eigenvalue weighted by Gasteiger charge is 2.08. The number of ether oxygens (including phenoxy) is 2. The molecule has 1 aromatic rings. The van der Waals surface area contributed by atoms with Crippen molar-refractivity contribution in [1.82, 2.24) is 0 Å². The second kappa shape index (κ2) is 6.78. The van der Waals surface area contributed by atoms with E-state index in [1.165, 1.54) is 13.2 Å². The smallest absolute Gasteiger partial charge is 0.348 e. The van der Waals surface area contributed by atoms with Gasteiger partial charge in [0.1, 0.15) is 24.0 Å². The van der Waals surface area contributed by atoms with E-state index < -0.39 is 5.97 Å². The SMILES string of the molecule is C#CCOc1ccc(C=C(C#N)C(=O)OC)cc1. The van der Waals surface area contributed by atoms with Crippen LogP contribution >= 0.6 is 0 Å². The highest BCUT2D eigenvalue weighted by Crippen LogP contribution is 2.14. The minimum absolute atomic E-state index is 0.0604. The minimum Gasteiger partial charge on any atom is -0.481 e. The van der Waals surface area contributed by atoms with Crippen molar-refractivity contribution in [1.29, 1.82) is 5.26 Å². The van der Waals surface area contributed by atoms with E-state index in [-0.39, 0.29) is 12.2 Å². The Morgan fingerprint density at radius 3 is 2.61 bits per heavy atom. The number of nitrogens with zero attached hydrogens (tertiary/aromatic N) is 1. The summed E-state index contributed by atoms with van der Waals surface area (Å²) in [4.78, 5) is 11.2. The number of terminal acetylenes is 1. The van der Waals surface area contributed by atoms with Gasteiger partial charge in [-0.3, -0.25) is 0 Å². The molecule has 0 N–H and O–H groups in total. The average molecular weight is 241 g/mol. The fourth-order valence-electron chi connectivity index (χ4n) is 1.20. The first-order valence-electron chi connectivity index (χ1n) is 5.07. The zero-order chi connectivity index (χ0) is 13.4. The van der Waals surface area contributed by atoms with E-state index in [2.05, 4.69) is 10.7 Å². The van der Waals surface area contributed by atoms with Crippen LogP contribution in [0.15, 0.2) is 29.8 Å². The summed E-state index contributed by atoms with van der Waals surface area (Å²) in [5, 5.41) is 8.79. The zero-order valence-electron chi connectivity index (χ0n) is 9.84. The Hall–Kier alpha value is -2.72. The Morgan fingerprint density at radius 1 is 1.44 bits per heavy atom. The normalized spacial score (nSPS) is 10.1. The summed E-state index contributed by atoms with van der Waals surface area (Å²) in [5.74, 6) is 2.32. The summed E-state index contributed by atoms with van der Waals surface area (Å²) in [6.45, 7) is 0.195. The van der Waals surface area contributed by atoms with Crippen molar-refractivity contribution >= 4 is 12.0 Å². The lowest BCUT2D eigenvalue weighted by Gasteiger charge is -2.02. The predicted molar refractivity (Wildman–Crippen MR) is 66.4 cm³/mol. The van der Waals surface area contributed by atoms with Crippen molar-refractivity contribution in [2.75, 3.05) is 13.7 Å². The van der Waals surface area contributed by atoms with Crippen LogP contribution in [-0.4, -0.2) is 19.7 Å². The number of hydrogen-bond acceptors (Lipinski definition) is 4. The van der Waals surface area contributed by atoms with Crippen LogP contribution in [0.25, 0.3) is 6.08 Å². The average Bonchev–Trinajstić information content (AvgIpc) is 2.43. The van der Waals surface area contributed by atoms with Gasteiger partial charge in [0, 0.05) is 0 Å². The summed E-state index contributed by atoms with van der Waals surface area (Å²) >= 11 is 0. The largest absolute Gasteiger partial charge is 0.481 e. The molecule has 1 aromatic carbocycles. The molecular weight excluding hydrogens is 230 g/mol. The van der Waals surface area contributed by atoms with Gasteiger partial charge in [-0.15, -0.1) is 6.42 Å². The van der Waals surface area contributed by atoms with E-state index in [1.54, 1.807) is 30.3 Å². The molecular formula is C14H11NO3. The molecule has 0 saturated carbocycles. The van der Waals surface area contributed by atoms with Crippen molar-refractivity contribution in [3.8, 4) is 24.2 Å². The number of carbonyl (C=O) groups excluding carboxylic acids is 1. The highest BCUT2D eigenvalue weighted by molar-refractivity contribution is 5.97. The van der Waals surface area contributed by atoms with Gasteiger partial charge in [-0.1, -0.05) is 18.1 Å². The van der Waals surface area contributed by atoms with Gasteiger partial charge in [0.25, 0.3) is 0 Å². The lowest BCUT2D eigenvalue weighted by Crippen LogP contribution is -2.02. The number of hydrogen-bond donors (Lipinski definition) is 0. The molecule has 4 heteroatoms. The van der Waals surface area contributed by atoms with Crippen molar-refractivity contribution < 1.29 is 14.3 Å². The van der Waals surface area contributed by atoms with Crippen LogP contribution in [0, 0.1) is 23.7 Å². The van der Waals surface area contributed by atoms with E-state index in [0.29, 0.717) is 11.3 Å². The molecule has 0 aliphatic carbocycles. The maximum atomic E-state index is 11.2. The Labute approximate surface area is 105 Å². The van der Waals surface area contributed by atoms with Crippen molar-refractivity contribution in [3.63, 3.8) is 0 Å². The molecule has 0 radical (unpaired) electrons. The van der Waals surface area contributed by atoms with E-state index in [0.717, 1.165) is 0 Å². The van der Waals surface area contributed by atoms with Gasteiger partial charge in [-0.2, -0.15) is 5.26 Å². The highest BCUT2D eigenvalue weighted by atomic mass is 16.5. The third kappa shape index (κ3) is 3.70. The lowest BCUT2D eigenvalue weighted by molar-refractivity contribution is -0.135. The molecule has 0 heterocycles. The molecule has 90 valence electrons. The lowest BCUT2D eigenvalue weighted by atomic mass is 10.1. The fourth-order valence-corrected chi connectivity index (χ4v) is 1.20. The molecule has 0 spiro atoms. The van der Waals surface area contributed by atoms with Gasteiger partial charge >= 0.3 is 5.97 Å². The Morgan fingerprint density at radius 2 is 2.11 bits per heavy atom. The Bertz CT molecular complexity index is 530. The third-order valence-electron chi connectivity index (χ3n) is 2.04. The molecule has 0 aliphatic rings. The first-order chi connectivity index (χ1) is 8.71. The van der Waals surface area contributed by atoms with Crippen LogP contribution in [0.5, 0.6) is 5.75 Å². The van der Waals surface area contributed by atoms with Gasteiger partial charge in [0.15, 0.2) is 0 Å². The number of nitriles is 1. The molecule has 0 aliphatic heterocycles. The number of esters is 1. The van der Waals surface area contributed by atoms with Crippen LogP contribution in [-0.2, 0) is 9.53 Å². The quantitative estimate of drug-likeness (QED) is 0.349. The summed E-state index contributed by atoms with van der Waals surface area (Å²) in [5.41, 5.74) is 0.639. The zero-order valence-corrected chi connectivity index (χ0v) is 9.84. The molecule has 0 aromatic heterocycles. The van der Waals surface area contributed by atoms with Crippen LogP contribution in [0.4, 0.5) is 0 Å². The van der Waals surface area contributed by atoms with Gasteiger partial charge < -0.3 is 9.47 Å². The topological polar surface area (TPSA) is 59.3 Å². The molecule has 18 heavy (non-hydrogen) atoms. The monoisotopic (exact) mass is 241 g/mol. The maximum Gasteiger partial charge on any atom is 0.348 e. The van der Waals surface area contributed by atoms with Crippen molar-refractivity contribution in [3.05, 3.63) is 35.4 Å². The summed E-state index contributed by atoms with van der Waals surface area (Å²) in [6, 6.07) is 8.62. The summed E-state index contributed by atoms with van der Waals surface area (Å²) in [6.07, 6.45) is 6.51. The van der Waals surface area contributed by atoms with Crippen molar-refractivity contribution in [2.24, 2.45) is 0 Å². The van der Waals surface area contributed by atoms with Gasteiger partial charge in [0.05, 0.1) is 7.11 Å². The third-order valence-corrected chi connectivity index (χ3v) is 2.04. The second-order valence-electron chi connectivity index (χ2n) is 3.22. The van der Waals surface area contributed by atoms with Crippen LogP contribution in [0.3, 0.4) is 0 Å². The van der Waals surface area contributed by atoms with Crippen LogP contribution in [0.2, 0.25) is 0 Å². The summed E-state index contributed by atoms with van der Waals surface area (Å²) in [7, 11) is 1.23. The Balaban J connectivity index is 2.86. The predicted octanol–water partition coefficient (Wildman–Crippen LogP) is 1.78. The number of benzene rings is 1. The van der Waals surface area contributed by atoms with E-state index in [1.807, 2.05) is 0 Å². The van der Waals surface area contributed by atoms with Crippen LogP contribution < -0.4 is 4.74 Å². The molecule has 4 nitrogen and oxygen atoms in total. The molecule has 0 bridgehead atoms. The maximum absolute atomic E-state index is 11.2. The van der Waals surface area contributed by atoms with Crippen molar-refractivity contribution in [2.45, 2.75) is 0 Å². The first kappa shape index (κ1) is 13.3. The van der Waals surface area contributed by atoms with E-state index >= 15 is 0 Å². The standard InChI is InChI=1S/C14H11NO3/c1-3-8-18-13-6-4-11(5-7-13)9-12(10-15)14(16)17-2/h1,4-7,9H,8H2,2H3. The van der Waals surface area contributed by atoms with Crippen LogP contribution in [0.1, 0.15) is 5.56 Å². The number of methoxy groups -OCH3 is 1. The number of carbonyl (C=O) groups is 1. The molecule has 0 atom stereocenters. The molecule has 0 amide bonds. The van der Waals surface area contributed by atoms with Gasteiger partial charge in [-0.25, -0.2) is 4.79 Å². The van der Waals surface area contributed by atoms with E-state index in [9.17, 15) is 4.79 Å². The molecule has 0 fully saturated rings. The Kier molecular flexibility index (Phi) is 5.02. The van der Waals surface area contributed by atoms with E-state index in [4.69, 9.17) is 16.4 Å². The minimum atomic E-state index is -0.662. The number of rotatable bonds is 4. The summed E-state index contributed by atoms with van der Waals surface area (Å²) < 4.78 is 9.67. The van der Waals surface area contributed by atoms with Gasteiger partial charge in [-0.05, 0) is 23.8 Å². The molecule has 0 unspecified atom stereocenters. The van der Waals surface area contributed by atoms with Gasteiger partial charge in [0.2, 0.25) is 0 Å². The second-order valence-corrected chi connectivity index (χ2v) is 3.22.